The van der Waals surface area contributed by atoms with E-state index in [0.29, 0.717) is 6.07 Å². The summed E-state index contributed by atoms with van der Waals surface area (Å²) in [6, 6.07) is 2.78. The van der Waals surface area contributed by atoms with Crippen LogP contribution in [0.1, 0.15) is 16.6 Å². The molecule has 1 aromatic heterocycles. The Morgan fingerprint density at radius 3 is 2.78 bits per heavy atom. The minimum absolute atomic E-state index is 0.129. The fourth-order valence-corrected chi connectivity index (χ4v) is 1.13. The molecule has 0 radical (unpaired) electrons. The Morgan fingerprint density at radius 1 is 1.39 bits per heavy atom. The third kappa shape index (κ3) is 2.59. The average molecular weight is 256 g/mol. The standard InChI is InChI=1S/C10H6F2N2O4/c11-5-1-2-7(6(12)3-5)17-4-8-13-14-9(18-8)10(15)16/h1-3H,4H2,(H,15,16). The lowest BCUT2D eigenvalue weighted by Gasteiger charge is -2.03. The van der Waals surface area contributed by atoms with Crippen LogP contribution in [0, 0.1) is 11.6 Å². The molecule has 6 nitrogen and oxygen atoms in total. The molecule has 18 heavy (non-hydrogen) atoms. The molecule has 2 rings (SSSR count). The molecule has 2 aromatic rings. The van der Waals surface area contributed by atoms with Crippen molar-refractivity contribution in [2.75, 3.05) is 0 Å². The third-order valence-corrected chi connectivity index (χ3v) is 1.89. The molecule has 0 saturated carbocycles. The number of carboxylic acids is 1. The Labute approximate surface area is 98.8 Å². The molecule has 8 heteroatoms. The van der Waals surface area contributed by atoms with Crippen molar-refractivity contribution in [2.45, 2.75) is 6.61 Å². The molecule has 0 aliphatic carbocycles. The molecule has 1 heterocycles. The van der Waals surface area contributed by atoms with E-state index < -0.39 is 23.5 Å². The lowest BCUT2D eigenvalue weighted by atomic mass is 10.3. The van der Waals surface area contributed by atoms with Crippen molar-refractivity contribution in [3.8, 4) is 5.75 Å². The molecule has 1 aromatic carbocycles. The van der Waals surface area contributed by atoms with E-state index >= 15 is 0 Å². The number of nitrogens with zero attached hydrogens (tertiary/aromatic N) is 2. The molecule has 0 spiro atoms. The second-order valence-electron chi connectivity index (χ2n) is 3.17. The van der Waals surface area contributed by atoms with Gasteiger partial charge in [-0.1, -0.05) is 0 Å². The van der Waals surface area contributed by atoms with Gasteiger partial charge in [0, 0.05) is 6.07 Å². The molecule has 0 aliphatic heterocycles. The zero-order valence-electron chi connectivity index (χ0n) is 8.76. The summed E-state index contributed by atoms with van der Waals surface area (Å²) < 4.78 is 35.4. The summed E-state index contributed by atoms with van der Waals surface area (Å²) in [7, 11) is 0. The van der Waals surface area contributed by atoms with Gasteiger partial charge in [-0.2, -0.15) is 0 Å². The van der Waals surface area contributed by atoms with E-state index in [2.05, 4.69) is 14.6 Å². The highest BCUT2D eigenvalue weighted by Gasteiger charge is 2.14. The maximum atomic E-state index is 13.2. The number of ether oxygens (including phenoxy) is 1. The largest absolute Gasteiger partial charge is 0.481 e. The molecule has 94 valence electrons. The van der Waals surface area contributed by atoms with E-state index in [4.69, 9.17) is 9.84 Å². The number of rotatable bonds is 4. The van der Waals surface area contributed by atoms with Gasteiger partial charge in [-0.25, -0.2) is 13.6 Å². The van der Waals surface area contributed by atoms with Crippen molar-refractivity contribution in [1.29, 1.82) is 0 Å². The lowest BCUT2D eigenvalue weighted by Crippen LogP contribution is -1.98. The van der Waals surface area contributed by atoms with E-state index in [1.807, 2.05) is 0 Å². The number of hydrogen-bond donors (Lipinski definition) is 1. The summed E-state index contributed by atoms with van der Waals surface area (Å²) in [4.78, 5) is 10.4. The van der Waals surface area contributed by atoms with Crippen LogP contribution in [0.4, 0.5) is 8.78 Å². The molecule has 0 atom stereocenters. The number of carbonyl (C=O) groups is 1. The highest BCUT2D eigenvalue weighted by atomic mass is 19.1. The Morgan fingerprint density at radius 2 is 2.17 bits per heavy atom. The number of halogens is 2. The first-order valence-electron chi connectivity index (χ1n) is 4.70. The summed E-state index contributed by atoms with van der Waals surface area (Å²) in [6.45, 7) is -0.317. The molecule has 0 bridgehead atoms. The van der Waals surface area contributed by atoms with Crippen LogP contribution in [-0.2, 0) is 6.61 Å². The third-order valence-electron chi connectivity index (χ3n) is 1.89. The van der Waals surface area contributed by atoms with Crippen LogP contribution < -0.4 is 4.74 Å². The van der Waals surface area contributed by atoms with Gasteiger partial charge in [-0.15, -0.1) is 10.2 Å². The van der Waals surface area contributed by atoms with Gasteiger partial charge < -0.3 is 14.3 Å². The van der Waals surface area contributed by atoms with Gasteiger partial charge in [-0.05, 0) is 12.1 Å². The second kappa shape index (κ2) is 4.78. The van der Waals surface area contributed by atoms with Crippen molar-refractivity contribution in [2.24, 2.45) is 0 Å². The van der Waals surface area contributed by atoms with E-state index in [0.717, 1.165) is 12.1 Å². The molecule has 0 aliphatic rings. The zero-order chi connectivity index (χ0) is 13.1. The first kappa shape index (κ1) is 12.0. The first-order valence-corrected chi connectivity index (χ1v) is 4.70. The molecular weight excluding hydrogens is 250 g/mol. The molecule has 0 unspecified atom stereocenters. The van der Waals surface area contributed by atoms with Crippen molar-refractivity contribution in [1.82, 2.24) is 10.2 Å². The maximum Gasteiger partial charge on any atom is 0.393 e. The number of hydrogen-bond acceptors (Lipinski definition) is 5. The summed E-state index contributed by atoms with van der Waals surface area (Å²) in [5.41, 5.74) is 0. The second-order valence-corrected chi connectivity index (χ2v) is 3.17. The normalized spacial score (nSPS) is 10.3. The van der Waals surface area contributed by atoms with Crippen LogP contribution in [0.15, 0.2) is 22.6 Å². The highest BCUT2D eigenvalue weighted by Crippen LogP contribution is 2.18. The van der Waals surface area contributed by atoms with E-state index in [1.165, 1.54) is 0 Å². The summed E-state index contributed by atoms with van der Waals surface area (Å²) >= 11 is 0. The van der Waals surface area contributed by atoms with E-state index in [9.17, 15) is 13.6 Å². The molecule has 0 fully saturated rings. The van der Waals surface area contributed by atoms with Crippen LogP contribution in [0.2, 0.25) is 0 Å². The summed E-state index contributed by atoms with van der Waals surface area (Å²) in [5, 5.41) is 15.1. The summed E-state index contributed by atoms with van der Waals surface area (Å²) in [5.74, 6) is -3.91. The highest BCUT2D eigenvalue weighted by molar-refractivity contribution is 5.81. The SMILES string of the molecule is O=C(O)c1nnc(COc2ccc(F)cc2F)o1. The Kier molecular flexibility index (Phi) is 3.18. The van der Waals surface area contributed by atoms with Crippen LogP contribution in [0.3, 0.4) is 0 Å². The maximum absolute atomic E-state index is 13.2. The summed E-state index contributed by atoms with van der Waals surface area (Å²) in [6.07, 6.45) is 0. The minimum Gasteiger partial charge on any atom is -0.481 e. The average Bonchev–Trinajstić information content (AvgIpc) is 2.76. The molecular formula is C10H6F2N2O4. The predicted octanol–water partition coefficient (Wildman–Crippen LogP) is 1.62. The predicted molar refractivity (Wildman–Crippen MR) is 51.9 cm³/mol. The van der Waals surface area contributed by atoms with Gasteiger partial charge in [0.15, 0.2) is 18.2 Å². The van der Waals surface area contributed by atoms with Crippen LogP contribution in [0.25, 0.3) is 0 Å². The Hall–Kier alpha value is -2.51. The van der Waals surface area contributed by atoms with Crippen molar-refractivity contribution in [3.05, 3.63) is 41.6 Å². The molecule has 1 N–H and O–H groups in total. The van der Waals surface area contributed by atoms with E-state index in [-0.39, 0.29) is 18.2 Å². The van der Waals surface area contributed by atoms with Gasteiger partial charge in [0.25, 0.3) is 5.89 Å². The van der Waals surface area contributed by atoms with Crippen molar-refractivity contribution < 1.29 is 27.8 Å². The van der Waals surface area contributed by atoms with Gasteiger partial charge in [0.2, 0.25) is 0 Å². The van der Waals surface area contributed by atoms with Gasteiger partial charge >= 0.3 is 11.9 Å². The quantitative estimate of drug-likeness (QED) is 0.894. The first-order chi connectivity index (χ1) is 8.56. The number of aromatic nitrogens is 2. The lowest BCUT2D eigenvalue weighted by molar-refractivity contribution is 0.0649. The number of aromatic carboxylic acids is 1. The van der Waals surface area contributed by atoms with Crippen molar-refractivity contribution in [3.63, 3.8) is 0 Å². The monoisotopic (exact) mass is 256 g/mol. The number of benzene rings is 1. The Bertz CT molecular complexity index is 585. The van der Waals surface area contributed by atoms with Crippen molar-refractivity contribution >= 4 is 5.97 Å². The van der Waals surface area contributed by atoms with Crippen LogP contribution in [-0.4, -0.2) is 21.3 Å². The fraction of sp³-hybridized carbons (Fsp3) is 0.100. The minimum atomic E-state index is -1.37. The topological polar surface area (TPSA) is 85.5 Å². The van der Waals surface area contributed by atoms with Gasteiger partial charge in [-0.3, -0.25) is 0 Å². The zero-order valence-corrected chi connectivity index (χ0v) is 8.76. The van der Waals surface area contributed by atoms with Crippen LogP contribution >= 0.6 is 0 Å². The fourth-order valence-electron chi connectivity index (χ4n) is 1.13. The smallest absolute Gasteiger partial charge is 0.393 e. The Balaban J connectivity index is 2.04. The van der Waals surface area contributed by atoms with E-state index in [1.54, 1.807) is 0 Å². The van der Waals surface area contributed by atoms with Crippen LogP contribution in [0.5, 0.6) is 5.75 Å². The van der Waals surface area contributed by atoms with Gasteiger partial charge in [0.1, 0.15) is 5.82 Å². The van der Waals surface area contributed by atoms with Gasteiger partial charge in [0.05, 0.1) is 0 Å². The number of carboxylic acid groups (broad SMARTS) is 1. The molecule has 0 saturated heterocycles. The molecule has 0 amide bonds.